The van der Waals surface area contributed by atoms with E-state index in [1.54, 1.807) is 0 Å². The van der Waals surface area contributed by atoms with Gasteiger partial charge in [0.2, 0.25) is 0 Å². The Morgan fingerprint density at radius 3 is 1.93 bits per heavy atom. The summed E-state index contributed by atoms with van der Waals surface area (Å²) in [5, 5.41) is 5.74. The zero-order chi connectivity index (χ0) is 39.5. The van der Waals surface area contributed by atoms with E-state index in [-0.39, 0.29) is 5.41 Å². The van der Waals surface area contributed by atoms with Crippen molar-refractivity contribution in [3.63, 3.8) is 0 Å². The number of amidine groups is 2. The predicted molar refractivity (Wildman–Crippen MR) is 243 cm³/mol. The highest BCUT2D eigenvalue weighted by atomic mass is 16.3. The van der Waals surface area contributed by atoms with E-state index in [2.05, 4.69) is 182 Å². The maximum Gasteiger partial charge on any atom is 0.159 e. The lowest BCUT2D eigenvalue weighted by molar-refractivity contribution is 0.660. The number of anilines is 3. The van der Waals surface area contributed by atoms with E-state index in [1.165, 1.54) is 33.4 Å². The molecule has 1 aliphatic carbocycles. The van der Waals surface area contributed by atoms with Gasteiger partial charge < -0.3 is 14.6 Å². The Bertz CT molecular complexity index is 3090. The summed E-state index contributed by atoms with van der Waals surface area (Å²) in [6.45, 7) is 4.67. The van der Waals surface area contributed by atoms with Gasteiger partial charge in [0.1, 0.15) is 17.6 Å². The molecular formula is C54H40N4O. The smallest absolute Gasteiger partial charge is 0.159 e. The number of fused-ring (bicyclic) bond motifs is 6. The lowest BCUT2D eigenvalue weighted by Crippen LogP contribution is -2.33. The van der Waals surface area contributed by atoms with Crippen molar-refractivity contribution >= 4 is 50.7 Å². The van der Waals surface area contributed by atoms with Gasteiger partial charge in [-0.2, -0.15) is 0 Å². The van der Waals surface area contributed by atoms with Crippen molar-refractivity contribution < 1.29 is 4.42 Å². The fourth-order valence-corrected chi connectivity index (χ4v) is 9.03. The van der Waals surface area contributed by atoms with Gasteiger partial charge in [0.05, 0.1) is 5.69 Å². The molecule has 0 bridgehead atoms. The third-order valence-electron chi connectivity index (χ3n) is 11.9. The quantitative estimate of drug-likeness (QED) is 0.176. The van der Waals surface area contributed by atoms with E-state index < -0.39 is 6.17 Å². The van der Waals surface area contributed by atoms with Crippen molar-refractivity contribution in [3.8, 4) is 22.3 Å². The van der Waals surface area contributed by atoms with Gasteiger partial charge in [0, 0.05) is 44.3 Å². The van der Waals surface area contributed by atoms with Crippen LogP contribution in [0, 0.1) is 0 Å². The normalized spacial score (nSPS) is 15.3. The third kappa shape index (κ3) is 5.85. The highest BCUT2D eigenvalue weighted by Crippen LogP contribution is 2.51. The number of hydrogen-bond donors (Lipinski definition) is 1. The lowest BCUT2D eigenvalue weighted by Gasteiger charge is -2.28. The molecule has 5 heteroatoms. The molecule has 2 aliphatic rings. The minimum atomic E-state index is -0.409. The molecule has 0 amide bonds. The van der Waals surface area contributed by atoms with Gasteiger partial charge in [0.15, 0.2) is 11.4 Å². The van der Waals surface area contributed by atoms with Crippen LogP contribution in [-0.4, -0.2) is 11.7 Å². The van der Waals surface area contributed by atoms with Crippen LogP contribution >= 0.6 is 0 Å². The van der Waals surface area contributed by atoms with Gasteiger partial charge in [-0.3, -0.25) is 0 Å². The molecule has 5 nitrogen and oxygen atoms in total. The summed E-state index contributed by atoms with van der Waals surface area (Å²) in [5.41, 5.74) is 15.1. The Kier molecular flexibility index (Phi) is 8.16. The molecule has 59 heavy (non-hydrogen) atoms. The topological polar surface area (TPSA) is 53.1 Å². The van der Waals surface area contributed by atoms with E-state index in [4.69, 9.17) is 14.4 Å². The maximum atomic E-state index is 6.99. The largest absolute Gasteiger partial charge is 0.454 e. The molecule has 1 aliphatic heterocycles. The van der Waals surface area contributed by atoms with E-state index in [1.807, 2.05) is 36.4 Å². The molecule has 11 rings (SSSR count). The number of furan rings is 1. The summed E-state index contributed by atoms with van der Waals surface area (Å²) in [5.74, 6) is 1.47. The number of para-hydroxylation sites is 1. The second kappa shape index (κ2) is 13.9. The highest BCUT2D eigenvalue weighted by molar-refractivity contribution is 6.15. The summed E-state index contributed by atoms with van der Waals surface area (Å²) in [6, 6.07) is 68.4. The van der Waals surface area contributed by atoms with Crippen LogP contribution in [0.4, 0.5) is 17.1 Å². The molecule has 282 valence electrons. The van der Waals surface area contributed by atoms with Crippen LogP contribution in [0.25, 0.3) is 44.2 Å². The number of nitrogens with zero attached hydrogens (tertiary/aromatic N) is 3. The molecule has 1 atom stereocenters. The second-order valence-corrected chi connectivity index (χ2v) is 15.8. The second-order valence-electron chi connectivity index (χ2n) is 15.8. The van der Waals surface area contributed by atoms with Crippen LogP contribution in [0.3, 0.4) is 0 Å². The van der Waals surface area contributed by atoms with Crippen LogP contribution < -0.4 is 10.2 Å². The van der Waals surface area contributed by atoms with Gasteiger partial charge in [-0.15, -0.1) is 0 Å². The number of rotatable bonds is 7. The molecule has 1 N–H and O–H groups in total. The average Bonchev–Trinajstić information content (AvgIpc) is 3.80. The highest BCUT2D eigenvalue weighted by Gasteiger charge is 2.36. The minimum absolute atomic E-state index is 0.154. The average molecular weight is 761 g/mol. The van der Waals surface area contributed by atoms with Gasteiger partial charge in [0.25, 0.3) is 0 Å². The SMILES string of the molecule is CC1(C)c2ccccc2-c2ccc(N(c3ccc(-c4ccccc4)cc3)c3cccc4c3oc3cccc(C5N=C(c6ccccc6)N=C(c6ccccc6)N5)c34)cc21. The Morgan fingerprint density at radius 1 is 0.542 bits per heavy atom. The molecule has 9 aromatic rings. The molecular weight excluding hydrogens is 721 g/mol. The van der Waals surface area contributed by atoms with Crippen LogP contribution in [0.1, 0.15) is 47.8 Å². The van der Waals surface area contributed by atoms with Gasteiger partial charge in [-0.05, 0) is 69.8 Å². The minimum Gasteiger partial charge on any atom is -0.454 e. The zero-order valence-corrected chi connectivity index (χ0v) is 32.8. The van der Waals surface area contributed by atoms with Crippen molar-refractivity contribution in [3.05, 3.63) is 222 Å². The van der Waals surface area contributed by atoms with Gasteiger partial charge in [-0.25, -0.2) is 9.98 Å². The van der Waals surface area contributed by atoms with E-state index >= 15 is 0 Å². The van der Waals surface area contributed by atoms with Crippen molar-refractivity contribution in [1.82, 2.24) is 5.32 Å². The van der Waals surface area contributed by atoms with Crippen molar-refractivity contribution in [2.75, 3.05) is 4.90 Å². The number of aliphatic imine (C=N–C) groups is 2. The summed E-state index contributed by atoms with van der Waals surface area (Å²) in [4.78, 5) is 12.6. The van der Waals surface area contributed by atoms with Crippen LogP contribution in [0.15, 0.2) is 209 Å². The van der Waals surface area contributed by atoms with Gasteiger partial charge >= 0.3 is 0 Å². The Morgan fingerprint density at radius 2 is 1.17 bits per heavy atom. The van der Waals surface area contributed by atoms with E-state index in [0.717, 1.165) is 61.5 Å². The molecule has 2 heterocycles. The number of benzene rings is 8. The van der Waals surface area contributed by atoms with E-state index in [9.17, 15) is 0 Å². The maximum absolute atomic E-state index is 6.99. The first-order chi connectivity index (χ1) is 29.0. The van der Waals surface area contributed by atoms with Crippen molar-refractivity contribution in [2.24, 2.45) is 9.98 Å². The molecule has 1 aromatic heterocycles. The molecule has 0 radical (unpaired) electrons. The third-order valence-corrected chi connectivity index (χ3v) is 11.9. The Labute approximate surface area is 343 Å². The Balaban J connectivity index is 1.08. The van der Waals surface area contributed by atoms with Gasteiger partial charge in [-0.1, -0.05) is 172 Å². The van der Waals surface area contributed by atoms with Crippen LogP contribution in [0.2, 0.25) is 0 Å². The molecule has 8 aromatic carbocycles. The predicted octanol–water partition coefficient (Wildman–Crippen LogP) is 13.5. The number of hydrogen-bond acceptors (Lipinski definition) is 5. The fourth-order valence-electron chi connectivity index (χ4n) is 9.03. The number of nitrogens with one attached hydrogen (secondary N) is 1. The summed E-state index contributed by atoms with van der Waals surface area (Å²) in [6.07, 6.45) is -0.409. The fraction of sp³-hybridized carbons (Fsp3) is 0.0741. The molecule has 0 fully saturated rings. The van der Waals surface area contributed by atoms with E-state index in [0.29, 0.717) is 5.84 Å². The molecule has 0 spiro atoms. The molecule has 1 unspecified atom stereocenters. The van der Waals surface area contributed by atoms with Crippen molar-refractivity contribution in [2.45, 2.75) is 25.4 Å². The van der Waals surface area contributed by atoms with Crippen LogP contribution in [-0.2, 0) is 5.41 Å². The monoisotopic (exact) mass is 760 g/mol. The lowest BCUT2D eigenvalue weighted by atomic mass is 9.82. The first kappa shape index (κ1) is 34.7. The first-order valence-corrected chi connectivity index (χ1v) is 20.2. The van der Waals surface area contributed by atoms with Crippen molar-refractivity contribution in [1.29, 1.82) is 0 Å². The summed E-state index contributed by atoms with van der Waals surface area (Å²) < 4.78 is 6.99. The zero-order valence-electron chi connectivity index (χ0n) is 32.8. The molecule has 0 saturated heterocycles. The summed E-state index contributed by atoms with van der Waals surface area (Å²) in [7, 11) is 0. The standard InChI is InChI=1S/C54H40N4O/c1-54(2)45-25-13-12-22-41(45)42-33-32-40(34-46(42)54)58(39-30-28-36(29-31-39)35-16-6-3-7-17-35)47-26-14-23-43-49-44(24-15-27-48(49)59-50(43)47)53-56-51(37-18-8-4-9-19-37)55-52(57-53)38-20-10-5-11-21-38/h3-34,53H,1-2H3,(H,55,56,57). The summed E-state index contributed by atoms with van der Waals surface area (Å²) >= 11 is 0. The van der Waals surface area contributed by atoms with Crippen LogP contribution in [0.5, 0.6) is 0 Å². The molecule has 0 saturated carbocycles. The first-order valence-electron chi connectivity index (χ1n) is 20.2. The Hall–Kier alpha value is -7.50.